The van der Waals surface area contributed by atoms with Crippen LogP contribution in [-0.4, -0.2) is 33.2 Å². The Hall–Kier alpha value is -1.73. The lowest BCUT2D eigenvalue weighted by atomic mass is 9.97. The molecular formula is C12H16N2O5. The third-order valence-electron chi connectivity index (χ3n) is 3.39. The number of aryl methyl sites for hydroxylation is 1. The maximum atomic E-state index is 11.7. The molecule has 1 unspecified atom stereocenters. The van der Waals surface area contributed by atoms with Gasteiger partial charge in [-0.25, -0.2) is 4.79 Å². The van der Waals surface area contributed by atoms with Gasteiger partial charge in [0.1, 0.15) is 12.0 Å². The Kier molecular flexibility index (Phi) is 3.68. The van der Waals surface area contributed by atoms with Crippen LogP contribution in [0.2, 0.25) is 0 Å². The molecule has 0 spiro atoms. The van der Waals surface area contributed by atoms with Crippen molar-refractivity contribution in [3.05, 3.63) is 32.6 Å². The maximum absolute atomic E-state index is 11.7. The number of Topliss-reactive ketones (excluding diaryl/α,β-unsaturated/α-hetero) is 1. The molecule has 0 aliphatic carbocycles. The maximum Gasteiger partial charge on any atom is 0.330 e. The summed E-state index contributed by atoms with van der Waals surface area (Å²) in [5.41, 5.74) is -0.641. The lowest BCUT2D eigenvalue weighted by molar-refractivity contribution is -0.123. The number of H-pyrrole nitrogens is 1. The van der Waals surface area contributed by atoms with Crippen LogP contribution >= 0.6 is 0 Å². The predicted molar refractivity (Wildman–Crippen MR) is 65.8 cm³/mol. The quantitative estimate of drug-likeness (QED) is 0.757. The van der Waals surface area contributed by atoms with Gasteiger partial charge < -0.3 is 9.84 Å². The van der Waals surface area contributed by atoms with E-state index in [4.69, 9.17) is 4.74 Å². The lowest BCUT2D eigenvalue weighted by Gasteiger charge is -2.15. The second-order valence-corrected chi connectivity index (χ2v) is 4.74. The van der Waals surface area contributed by atoms with Gasteiger partial charge in [-0.1, -0.05) is 0 Å². The number of ketones is 1. The van der Waals surface area contributed by atoms with Crippen molar-refractivity contribution in [2.45, 2.75) is 32.6 Å². The third kappa shape index (κ3) is 2.52. The number of hydrogen-bond acceptors (Lipinski definition) is 5. The molecule has 0 bridgehead atoms. The van der Waals surface area contributed by atoms with E-state index in [1.54, 1.807) is 6.92 Å². The SMILES string of the molecule is CC(=O)[C@@H]1C[C@H](n2cc(C)c(=O)[nH]c2=O)OC1CO. The van der Waals surface area contributed by atoms with E-state index in [1.807, 2.05) is 0 Å². The monoisotopic (exact) mass is 268 g/mol. The fourth-order valence-corrected chi connectivity index (χ4v) is 2.30. The van der Waals surface area contributed by atoms with Crippen LogP contribution in [0.5, 0.6) is 0 Å². The molecule has 7 heteroatoms. The van der Waals surface area contributed by atoms with Crippen molar-refractivity contribution in [3.8, 4) is 0 Å². The predicted octanol–water partition coefficient (Wildman–Crippen LogP) is -0.670. The minimum absolute atomic E-state index is 0.0873. The van der Waals surface area contributed by atoms with Gasteiger partial charge in [0.15, 0.2) is 0 Å². The number of aromatic nitrogens is 2. The zero-order chi connectivity index (χ0) is 14.2. The van der Waals surface area contributed by atoms with E-state index in [0.717, 1.165) is 0 Å². The smallest absolute Gasteiger partial charge is 0.330 e. The van der Waals surface area contributed by atoms with Gasteiger partial charge in [0.05, 0.1) is 18.6 Å². The summed E-state index contributed by atoms with van der Waals surface area (Å²) in [5.74, 6) is -0.523. The average molecular weight is 268 g/mol. The van der Waals surface area contributed by atoms with E-state index in [0.29, 0.717) is 12.0 Å². The number of ether oxygens (including phenoxy) is 1. The zero-order valence-corrected chi connectivity index (χ0v) is 10.8. The Morgan fingerprint density at radius 3 is 2.79 bits per heavy atom. The highest BCUT2D eigenvalue weighted by Crippen LogP contribution is 2.32. The largest absolute Gasteiger partial charge is 0.394 e. The van der Waals surface area contributed by atoms with Crippen LogP contribution in [0.25, 0.3) is 0 Å². The van der Waals surface area contributed by atoms with Gasteiger partial charge >= 0.3 is 5.69 Å². The first-order chi connectivity index (χ1) is 8.93. The van der Waals surface area contributed by atoms with Crippen LogP contribution in [0.3, 0.4) is 0 Å². The minimum atomic E-state index is -0.644. The normalized spacial score (nSPS) is 26.6. The van der Waals surface area contributed by atoms with Gasteiger partial charge in [-0.15, -0.1) is 0 Å². The number of carbonyl (C=O) groups is 1. The van der Waals surface area contributed by atoms with E-state index in [1.165, 1.54) is 17.7 Å². The van der Waals surface area contributed by atoms with E-state index in [-0.39, 0.29) is 12.4 Å². The summed E-state index contributed by atoms with van der Waals surface area (Å²) in [4.78, 5) is 36.7. The van der Waals surface area contributed by atoms with E-state index in [2.05, 4.69) is 4.98 Å². The molecule has 104 valence electrons. The summed E-state index contributed by atoms with van der Waals surface area (Å²) < 4.78 is 6.77. The Balaban J connectivity index is 2.35. The topological polar surface area (TPSA) is 101 Å². The van der Waals surface area contributed by atoms with Crippen molar-refractivity contribution in [2.24, 2.45) is 5.92 Å². The van der Waals surface area contributed by atoms with Crippen molar-refractivity contribution >= 4 is 5.78 Å². The first kappa shape index (κ1) is 13.7. The van der Waals surface area contributed by atoms with Gasteiger partial charge in [-0.3, -0.25) is 19.1 Å². The molecule has 0 aromatic carbocycles. The Labute approximate surface area is 108 Å². The highest BCUT2D eigenvalue weighted by Gasteiger charge is 2.38. The molecule has 3 atom stereocenters. The molecule has 2 heterocycles. The van der Waals surface area contributed by atoms with Crippen LogP contribution in [0.1, 0.15) is 25.1 Å². The summed E-state index contributed by atoms with van der Waals surface area (Å²) in [5, 5.41) is 9.20. The van der Waals surface area contributed by atoms with Crippen LogP contribution in [0, 0.1) is 12.8 Å². The molecule has 2 N–H and O–H groups in total. The number of aliphatic hydroxyl groups excluding tert-OH is 1. The minimum Gasteiger partial charge on any atom is -0.394 e. The summed E-state index contributed by atoms with van der Waals surface area (Å²) in [6.07, 6.45) is 0.463. The molecule has 1 aromatic rings. The number of nitrogens with one attached hydrogen (secondary N) is 1. The summed E-state index contributed by atoms with van der Waals surface area (Å²) in [6, 6.07) is 0. The Bertz CT molecular complexity index is 603. The van der Waals surface area contributed by atoms with E-state index in [9.17, 15) is 19.5 Å². The fraction of sp³-hybridized carbons (Fsp3) is 0.583. The highest BCUT2D eigenvalue weighted by molar-refractivity contribution is 5.79. The fourth-order valence-electron chi connectivity index (χ4n) is 2.30. The lowest BCUT2D eigenvalue weighted by Crippen LogP contribution is -2.33. The zero-order valence-electron chi connectivity index (χ0n) is 10.8. The van der Waals surface area contributed by atoms with Crippen molar-refractivity contribution in [3.63, 3.8) is 0 Å². The van der Waals surface area contributed by atoms with E-state index >= 15 is 0 Å². The molecule has 7 nitrogen and oxygen atoms in total. The van der Waals surface area contributed by atoms with Crippen molar-refractivity contribution in [1.82, 2.24) is 9.55 Å². The van der Waals surface area contributed by atoms with Crippen molar-refractivity contribution < 1.29 is 14.6 Å². The number of aliphatic hydroxyl groups is 1. The molecule has 1 saturated heterocycles. The van der Waals surface area contributed by atoms with Gasteiger partial charge in [0, 0.05) is 18.2 Å². The second-order valence-electron chi connectivity index (χ2n) is 4.74. The third-order valence-corrected chi connectivity index (χ3v) is 3.39. The molecule has 0 amide bonds. The molecule has 19 heavy (non-hydrogen) atoms. The number of nitrogens with zero attached hydrogens (tertiary/aromatic N) is 1. The molecule has 1 aliphatic heterocycles. The number of aromatic amines is 1. The first-order valence-electron chi connectivity index (χ1n) is 6.03. The van der Waals surface area contributed by atoms with Crippen LogP contribution < -0.4 is 11.2 Å². The molecular weight excluding hydrogens is 252 g/mol. The van der Waals surface area contributed by atoms with Crippen molar-refractivity contribution in [1.29, 1.82) is 0 Å². The van der Waals surface area contributed by atoms with Gasteiger partial charge in [0.2, 0.25) is 0 Å². The van der Waals surface area contributed by atoms with Crippen LogP contribution in [0.4, 0.5) is 0 Å². The molecule has 1 aromatic heterocycles. The second kappa shape index (κ2) is 5.10. The number of rotatable bonds is 3. The highest BCUT2D eigenvalue weighted by atomic mass is 16.5. The molecule has 1 fully saturated rings. The van der Waals surface area contributed by atoms with Gasteiger partial charge in [0.25, 0.3) is 5.56 Å². The van der Waals surface area contributed by atoms with Crippen LogP contribution in [-0.2, 0) is 9.53 Å². The summed E-state index contributed by atoms with van der Waals surface area (Å²) in [6.45, 7) is 2.73. The average Bonchev–Trinajstić information content (AvgIpc) is 2.77. The number of hydrogen-bond donors (Lipinski definition) is 2. The molecule has 0 radical (unpaired) electrons. The molecule has 0 saturated carbocycles. The van der Waals surface area contributed by atoms with Gasteiger partial charge in [-0.05, 0) is 13.8 Å². The first-order valence-corrected chi connectivity index (χ1v) is 6.03. The molecule has 1 aliphatic rings. The van der Waals surface area contributed by atoms with Crippen LogP contribution in [0.15, 0.2) is 15.8 Å². The van der Waals surface area contributed by atoms with Crippen molar-refractivity contribution in [2.75, 3.05) is 6.61 Å². The standard InChI is InChI=1S/C12H16N2O5/c1-6-4-14(12(18)13-11(6)17)10-3-8(7(2)16)9(5-15)19-10/h4,8-10,15H,3,5H2,1-2H3,(H,13,17,18)/t8-,9?,10+/m0/s1. The Morgan fingerprint density at radius 2 is 2.26 bits per heavy atom. The number of carbonyl (C=O) groups excluding carboxylic acids is 1. The molecule has 2 rings (SSSR count). The summed E-state index contributed by atoms with van der Waals surface area (Å²) >= 11 is 0. The summed E-state index contributed by atoms with van der Waals surface area (Å²) in [7, 11) is 0. The Morgan fingerprint density at radius 1 is 1.58 bits per heavy atom. The van der Waals surface area contributed by atoms with E-state index < -0.39 is 29.5 Å². The van der Waals surface area contributed by atoms with Gasteiger partial charge in [-0.2, -0.15) is 0 Å².